The van der Waals surface area contributed by atoms with Crippen LogP contribution >= 0.6 is 0 Å². The summed E-state index contributed by atoms with van der Waals surface area (Å²) in [7, 11) is 0. The van der Waals surface area contributed by atoms with Crippen LogP contribution < -0.4 is 0 Å². The molecular formula is C20H26O4. The first kappa shape index (κ1) is 16.1. The molecule has 0 radical (unpaired) electrons. The summed E-state index contributed by atoms with van der Waals surface area (Å²) in [6.07, 6.45) is 2.90. The summed E-state index contributed by atoms with van der Waals surface area (Å²) in [5.74, 6) is -0.583. The van der Waals surface area contributed by atoms with Gasteiger partial charge in [0.05, 0.1) is 5.92 Å². The minimum Gasteiger partial charge on any atom is -0.431 e. The fourth-order valence-electron chi connectivity index (χ4n) is 5.21. The Hall–Kier alpha value is -1.39. The van der Waals surface area contributed by atoms with Crippen molar-refractivity contribution in [2.45, 2.75) is 77.3 Å². The highest BCUT2D eigenvalue weighted by molar-refractivity contribution is 5.81. The molecule has 0 aromatic heterocycles. The van der Waals surface area contributed by atoms with E-state index >= 15 is 0 Å². The topological polar surface area (TPSA) is 55.8 Å². The molecule has 1 N–H and O–H groups in total. The van der Waals surface area contributed by atoms with Crippen LogP contribution in [-0.4, -0.2) is 11.1 Å². The number of carbonyl (C=O) groups excluding carboxylic acids is 1. The lowest BCUT2D eigenvalue weighted by Crippen LogP contribution is -2.37. The van der Waals surface area contributed by atoms with Gasteiger partial charge in [-0.2, -0.15) is 0 Å². The number of carbonyl (C=O) groups is 1. The molecule has 4 heteroatoms. The van der Waals surface area contributed by atoms with Crippen LogP contribution in [0.4, 0.5) is 0 Å². The van der Waals surface area contributed by atoms with Gasteiger partial charge in [0.2, 0.25) is 6.29 Å². The molecule has 1 aliphatic carbocycles. The Balaban J connectivity index is 1.90. The molecule has 2 aliphatic heterocycles. The summed E-state index contributed by atoms with van der Waals surface area (Å²) in [5, 5.41) is 10.1. The SMILES string of the molecule is C[C@H]1C(=O)O[C@@H]2O[C@@H](O)c3ccc([C@@]4(C)CCCC(C)(C)C4)c1c32. The summed E-state index contributed by atoms with van der Waals surface area (Å²) >= 11 is 0. The van der Waals surface area contributed by atoms with Gasteiger partial charge in [0.1, 0.15) is 0 Å². The Kier molecular flexibility index (Phi) is 3.39. The monoisotopic (exact) mass is 330 g/mol. The zero-order valence-corrected chi connectivity index (χ0v) is 14.9. The average Bonchev–Trinajstić information content (AvgIpc) is 2.80. The number of aliphatic hydroxyl groups excluding tert-OH is 1. The van der Waals surface area contributed by atoms with Gasteiger partial charge in [0, 0.05) is 11.1 Å². The Labute approximate surface area is 143 Å². The minimum absolute atomic E-state index is 0.0378. The quantitative estimate of drug-likeness (QED) is 0.783. The van der Waals surface area contributed by atoms with E-state index in [-0.39, 0.29) is 17.3 Å². The van der Waals surface area contributed by atoms with Crippen LogP contribution in [0.15, 0.2) is 12.1 Å². The Bertz CT molecular complexity index is 708. The normalized spacial score (nSPS) is 37.0. The number of ether oxygens (including phenoxy) is 2. The molecular weight excluding hydrogens is 304 g/mol. The third-order valence-corrected chi connectivity index (χ3v) is 6.19. The molecule has 1 aromatic rings. The molecule has 24 heavy (non-hydrogen) atoms. The van der Waals surface area contributed by atoms with E-state index in [1.807, 2.05) is 13.0 Å². The van der Waals surface area contributed by atoms with E-state index in [0.717, 1.165) is 29.5 Å². The van der Waals surface area contributed by atoms with Gasteiger partial charge in [-0.15, -0.1) is 0 Å². The lowest BCUT2D eigenvalue weighted by atomic mass is 9.60. The minimum atomic E-state index is -1.01. The fraction of sp³-hybridized carbons (Fsp3) is 0.650. The molecule has 4 atom stereocenters. The highest BCUT2D eigenvalue weighted by Gasteiger charge is 2.47. The van der Waals surface area contributed by atoms with Crippen LogP contribution in [0, 0.1) is 5.41 Å². The molecule has 0 unspecified atom stereocenters. The van der Waals surface area contributed by atoms with E-state index < -0.39 is 12.6 Å². The van der Waals surface area contributed by atoms with Crippen molar-refractivity contribution in [3.05, 3.63) is 34.4 Å². The van der Waals surface area contributed by atoms with Crippen molar-refractivity contribution < 1.29 is 19.4 Å². The van der Waals surface area contributed by atoms with E-state index in [1.54, 1.807) is 0 Å². The standard InChI is InChI=1S/C20H26O4/c1-11-14-13(20(4)9-5-8-19(2,3)10-20)7-6-12-15(14)18(23-16(11)21)24-17(12)22/h6-7,11,17-18,22H,5,8-10H2,1-4H3/t11-,17-,18-,20+/m1/s1. The van der Waals surface area contributed by atoms with Gasteiger partial charge in [-0.25, -0.2) is 0 Å². The van der Waals surface area contributed by atoms with Crippen molar-refractivity contribution in [2.24, 2.45) is 5.41 Å². The van der Waals surface area contributed by atoms with Gasteiger partial charge in [-0.3, -0.25) is 4.79 Å². The van der Waals surface area contributed by atoms with Crippen molar-refractivity contribution in [3.8, 4) is 0 Å². The van der Waals surface area contributed by atoms with Gasteiger partial charge < -0.3 is 14.6 Å². The maximum Gasteiger partial charge on any atom is 0.315 e. The summed E-state index contributed by atoms with van der Waals surface area (Å²) in [5.41, 5.74) is 4.24. The van der Waals surface area contributed by atoms with Crippen molar-refractivity contribution in [3.63, 3.8) is 0 Å². The lowest BCUT2D eigenvalue weighted by Gasteiger charge is -2.45. The third kappa shape index (κ3) is 2.23. The number of hydrogen-bond acceptors (Lipinski definition) is 4. The third-order valence-electron chi connectivity index (χ3n) is 6.19. The maximum absolute atomic E-state index is 12.3. The molecule has 0 spiro atoms. The largest absolute Gasteiger partial charge is 0.431 e. The Morgan fingerprint density at radius 3 is 2.62 bits per heavy atom. The van der Waals surface area contributed by atoms with E-state index in [2.05, 4.69) is 26.8 Å². The van der Waals surface area contributed by atoms with E-state index in [0.29, 0.717) is 5.41 Å². The molecule has 1 aromatic carbocycles. The van der Waals surface area contributed by atoms with Crippen molar-refractivity contribution in [1.29, 1.82) is 0 Å². The first-order chi connectivity index (χ1) is 11.2. The second-order valence-corrected chi connectivity index (χ2v) is 8.76. The lowest BCUT2D eigenvalue weighted by molar-refractivity contribution is -0.221. The zero-order chi connectivity index (χ0) is 17.3. The van der Waals surface area contributed by atoms with Gasteiger partial charge in [0.25, 0.3) is 0 Å². The van der Waals surface area contributed by atoms with Gasteiger partial charge in [-0.1, -0.05) is 39.3 Å². The highest BCUT2D eigenvalue weighted by Crippen LogP contribution is 2.54. The van der Waals surface area contributed by atoms with Gasteiger partial charge >= 0.3 is 5.97 Å². The second kappa shape index (κ2) is 5.06. The van der Waals surface area contributed by atoms with Crippen LogP contribution in [0.5, 0.6) is 0 Å². The molecule has 0 bridgehead atoms. The van der Waals surface area contributed by atoms with Crippen LogP contribution in [-0.2, 0) is 19.7 Å². The molecule has 4 nitrogen and oxygen atoms in total. The number of hydrogen-bond donors (Lipinski definition) is 1. The summed E-state index contributed by atoms with van der Waals surface area (Å²) in [6, 6.07) is 4.07. The molecule has 3 aliphatic rings. The molecule has 1 fully saturated rings. The van der Waals surface area contributed by atoms with E-state index in [9.17, 15) is 9.90 Å². The Morgan fingerprint density at radius 1 is 1.17 bits per heavy atom. The molecule has 0 saturated heterocycles. The molecule has 4 rings (SSSR count). The van der Waals surface area contributed by atoms with Gasteiger partial charge in [0.15, 0.2) is 6.29 Å². The molecule has 2 heterocycles. The number of esters is 1. The molecule has 0 amide bonds. The molecule has 1 saturated carbocycles. The highest BCUT2D eigenvalue weighted by atomic mass is 16.7. The molecule has 130 valence electrons. The smallest absolute Gasteiger partial charge is 0.315 e. The number of benzene rings is 1. The predicted molar refractivity (Wildman–Crippen MR) is 89.3 cm³/mol. The predicted octanol–water partition coefficient (Wildman–Crippen LogP) is 4.22. The first-order valence-corrected chi connectivity index (χ1v) is 8.93. The van der Waals surface area contributed by atoms with Crippen LogP contribution in [0.1, 0.15) is 94.1 Å². The fourth-order valence-corrected chi connectivity index (χ4v) is 5.21. The van der Waals surface area contributed by atoms with Crippen LogP contribution in [0.25, 0.3) is 0 Å². The van der Waals surface area contributed by atoms with E-state index in [1.165, 1.54) is 18.4 Å². The van der Waals surface area contributed by atoms with Crippen LogP contribution in [0.3, 0.4) is 0 Å². The van der Waals surface area contributed by atoms with Crippen molar-refractivity contribution in [1.82, 2.24) is 0 Å². The second-order valence-electron chi connectivity index (χ2n) is 8.76. The van der Waals surface area contributed by atoms with E-state index in [4.69, 9.17) is 9.47 Å². The Morgan fingerprint density at radius 2 is 1.92 bits per heavy atom. The first-order valence-electron chi connectivity index (χ1n) is 8.93. The number of rotatable bonds is 1. The zero-order valence-electron chi connectivity index (χ0n) is 14.9. The summed E-state index contributed by atoms with van der Waals surface area (Å²) in [6.45, 7) is 8.88. The summed E-state index contributed by atoms with van der Waals surface area (Å²) < 4.78 is 10.9. The average molecular weight is 330 g/mol. The van der Waals surface area contributed by atoms with Crippen LogP contribution in [0.2, 0.25) is 0 Å². The number of aliphatic hydroxyl groups is 1. The van der Waals surface area contributed by atoms with Crippen molar-refractivity contribution in [2.75, 3.05) is 0 Å². The van der Waals surface area contributed by atoms with Gasteiger partial charge in [-0.05, 0) is 48.1 Å². The summed E-state index contributed by atoms with van der Waals surface area (Å²) in [4.78, 5) is 12.3. The maximum atomic E-state index is 12.3. The van der Waals surface area contributed by atoms with Crippen molar-refractivity contribution >= 4 is 5.97 Å².